The Kier molecular flexibility index (Phi) is 8.60. The van der Waals surface area contributed by atoms with Crippen molar-refractivity contribution < 1.29 is 34.5 Å². The number of hydrogen-bond acceptors (Lipinski definition) is 0. The van der Waals surface area contributed by atoms with E-state index >= 15 is 0 Å². The van der Waals surface area contributed by atoms with Crippen molar-refractivity contribution in [2.45, 2.75) is 0 Å². The molecule has 0 aliphatic rings. The average molecular weight is 252 g/mol. The minimum atomic E-state index is -6.00. The van der Waals surface area contributed by atoms with Crippen LogP contribution in [0, 0.1) is 0 Å². The molecule has 0 bridgehead atoms. The van der Waals surface area contributed by atoms with E-state index in [1.54, 1.807) is 0 Å². The first-order chi connectivity index (χ1) is 7.00. The van der Waals surface area contributed by atoms with E-state index in [1.807, 2.05) is 36.4 Å². The van der Waals surface area contributed by atoms with Crippen molar-refractivity contribution in [2.24, 2.45) is 0 Å². The summed E-state index contributed by atoms with van der Waals surface area (Å²) in [6.45, 7) is 0. The standard InChI is InChI=1S/C6H6.2BF4/c1-2-4-6-5-3-1;2*2-1(3,4)5/h1-6H;;/q;2*-1. The van der Waals surface area contributed by atoms with Crippen LogP contribution in [0.25, 0.3) is 0 Å². The van der Waals surface area contributed by atoms with Crippen molar-refractivity contribution in [1.29, 1.82) is 0 Å². The summed E-state index contributed by atoms with van der Waals surface area (Å²) in [5.41, 5.74) is 0. The highest BCUT2D eigenvalue weighted by molar-refractivity contribution is 6.50. The summed E-state index contributed by atoms with van der Waals surface area (Å²) in [6.07, 6.45) is 0. The molecule has 1 rings (SSSR count). The second-order valence-corrected chi connectivity index (χ2v) is 2.14. The molecule has 0 aliphatic heterocycles. The highest BCUT2D eigenvalue weighted by Crippen LogP contribution is 2.07. The second kappa shape index (κ2) is 8.00. The van der Waals surface area contributed by atoms with E-state index in [4.69, 9.17) is 0 Å². The average Bonchev–Trinajstić information content (AvgIpc) is 2.01. The van der Waals surface area contributed by atoms with Crippen molar-refractivity contribution >= 4 is 14.5 Å². The molecule has 0 radical (unpaired) electrons. The molecule has 0 amide bonds. The topological polar surface area (TPSA) is 0 Å². The number of rotatable bonds is 0. The Hall–Kier alpha value is -1.21. The Morgan fingerprint density at radius 3 is 0.500 bits per heavy atom. The van der Waals surface area contributed by atoms with Gasteiger partial charge >= 0.3 is 14.5 Å². The first-order valence-corrected chi connectivity index (χ1v) is 3.75. The van der Waals surface area contributed by atoms with Gasteiger partial charge in [-0.15, -0.1) is 0 Å². The van der Waals surface area contributed by atoms with Gasteiger partial charge in [0.1, 0.15) is 0 Å². The van der Waals surface area contributed by atoms with E-state index in [2.05, 4.69) is 0 Å². The molecule has 0 heterocycles. The molecule has 1 aromatic rings. The van der Waals surface area contributed by atoms with Crippen LogP contribution < -0.4 is 0 Å². The highest BCUT2D eigenvalue weighted by Gasteiger charge is 2.21. The van der Waals surface area contributed by atoms with Crippen LogP contribution in [0.3, 0.4) is 0 Å². The fraction of sp³-hybridized carbons (Fsp3) is 0. The lowest BCUT2D eigenvalue weighted by Crippen LogP contribution is -2.02. The van der Waals surface area contributed by atoms with Crippen LogP contribution >= 0.6 is 0 Å². The van der Waals surface area contributed by atoms with Gasteiger partial charge in [-0.2, -0.15) is 0 Å². The van der Waals surface area contributed by atoms with Crippen LogP contribution in [0.5, 0.6) is 0 Å². The summed E-state index contributed by atoms with van der Waals surface area (Å²) in [5, 5.41) is 0. The largest absolute Gasteiger partial charge is 0.673 e. The fourth-order valence-corrected chi connectivity index (χ4v) is 0.385. The zero-order valence-electron chi connectivity index (χ0n) is 7.64. The summed E-state index contributed by atoms with van der Waals surface area (Å²) < 4.78 is 78.0. The third-order valence-electron chi connectivity index (χ3n) is 0.667. The lowest BCUT2D eigenvalue weighted by molar-refractivity contribution is 0.366. The van der Waals surface area contributed by atoms with Crippen molar-refractivity contribution in [3.63, 3.8) is 0 Å². The maximum atomic E-state index is 9.75. The molecule has 0 fully saturated rings. The minimum absolute atomic E-state index is 2.00. The summed E-state index contributed by atoms with van der Waals surface area (Å²) >= 11 is 0. The Balaban J connectivity index is 0. The predicted molar refractivity (Wildman–Crippen MR) is 46.8 cm³/mol. The Labute approximate surface area is 86.5 Å². The molecule has 16 heavy (non-hydrogen) atoms. The number of benzene rings is 1. The molecule has 0 saturated carbocycles. The molecule has 0 N–H and O–H groups in total. The molecular formula is C6H6B2F8-2. The third-order valence-corrected chi connectivity index (χ3v) is 0.667. The van der Waals surface area contributed by atoms with Crippen LogP contribution in [0.4, 0.5) is 34.5 Å². The lowest BCUT2D eigenvalue weighted by atomic mass is 10.3. The Morgan fingerprint density at radius 1 is 0.375 bits per heavy atom. The lowest BCUT2D eigenvalue weighted by Gasteiger charge is -1.94. The summed E-state index contributed by atoms with van der Waals surface area (Å²) in [4.78, 5) is 0. The first kappa shape index (κ1) is 17.2. The van der Waals surface area contributed by atoms with Crippen LogP contribution in [0.1, 0.15) is 0 Å². The first-order valence-electron chi connectivity index (χ1n) is 3.75. The van der Waals surface area contributed by atoms with Gasteiger partial charge in [-0.1, -0.05) is 36.4 Å². The molecule has 0 spiro atoms. The van der Waals surface area contributed by atoms with Gasteiger partial charge in [0.15, 0.2) is 0 Å². The fourth-order valence-electron chi connectivity index (χ4n) is 0.385. The number of halogens is 8. The monoisotopic (exact) mass is 252 g/mol. The maximum Gasteiger partial charge on any atom is 0.673 e. The van der Waals surface area contributed by atoms with Crippen LogP contribution in [0.2, 0.25) is 0 Å². The quantitative estimate of drug-likeness (QED) is 0.477. The molecule has 0 atom stereocenters. The van der Waals surface area contributed by atoms with E-state index < -0.39 is 14.5 Å². The molecular weight excluding hydrogens is 246 g/mol. The molecule has 0 aromatic heterocycles. The van der Waals surface area contributed by atoms with Gasteiger partial charge in [0, 0.05) is 0 Å². The van der Waals surface area contributed by atoms with Gasteiger partial charge in [0.05, 0.1) is 0 Å². The molecule has 0 saturated heterocycles. The van der Waals surface area contributed by atoms with E-state index in [1.165, 1.54) is 0 Å². The van der Waals surface area contributed by atoms with Gasteiger partial charge in [-0.3, -0.25) is 0 Å². The molecule has 0 aliphatic carbocycles. The predicted octanol–water partition coefficient (Wildman–Crippen LogP) is 4.29. The van der Waals surface area contributed by atoms with Gasteiger partial charge in [0.2, 0.25) is 0 Å². The zero-order valence-corrected chi connectivity index (χ0v) is 7.64. The minimum Gasteiger partial charge on any atom is -0.418 e. The molecule has 0 unspecified atom stereocenters. The SMILES string of the molecule is F[B-](F)(F)F.F[B-](F)(F)F.c1ccccc1. The van der Waals surface area contributed by atoms with E-state index in [9.17, 15) is 34.5 Å². The van der Waals surface area contributed by atoms with Crippen molar-refractivity contribution in [2.75, 3.05) is 0 Å². The van der Waals surface area contributed by atoms with Crippen molar-refractivity contribution in [3.05, 3.63) is 36.4 Å². The van der Waals surface area contributed by atoms with Crippen LogP contribution in [0.15, 0.2) is 36.4 Å². The smallest absolute Gasteiger partial charge is 0.418 e. The summed E-state index contributed by atoms with van der Waals surface area (Å²) in [7, 11) is -12.0. The molecule has 10 heteroatoms. The van der Waals surface area contributed by atoms with Crippen molar-refractivity contribution in [3.8, 4) is 0 Å². The normalized spacial score (nSPS) is 10.5. The van der Waals surface area contributed by atoms with E-state index in [-0.39, 0.29) is 0 Å². The summed E-state index contributed by atoms with van der Waals surface area (Å²) in [6, 6.07) is 12.0. The number of hydrogen-bond donors (Lipinski definition) is 0. The molecule has 1 aromatic carbocycles. The Bertz CT molecular complexity index is 192. The van der Waals surface area contributed by atoms with Gasteiger partial charge in [0.25, 0.3) is 0 Å². The zero-order chi connectivity index (χ0) is 13.2. The maximum absolute atomic E-state index is 9.75. The summed E-state index contributed by atoms with van der Waals surface area (Å²) in [5.74, 6) is 0. The van der Waals surface area contributed by atoms with Gasteiger partial charge in [-0.25, -0.2) is 0 Å². The Morgan fingerprint density at radius 2 is 0.438 bits per heavy atom. The van der Waals surface area contributed by atoms with Crippen LogP contribution in [-0.2, 0) is 0 Å². The molecule has 94 valence electrons. The van der Waals surface area contributed by atoms with E-state index in [0.717, 1.165) is 0 Å². The second-order valence-electron chi connectivity index (χ2n) is 2.14. The van der Waals surface area contributed by atoms with Crippen molar-refractivity contribution in [1.82, 2.24) is 0 Å². The van der Waals surface area contributed by atoms with Gasteiger partial charge < -0.3 is 34.5 Å². The molecule has 0 nitrogen and oxygen atoms in total. The third kappa shape index (κ3) is 77.5. The van der Waals surface area contributed by atoms with E-state index in [0.29, 0.717) is 0 Å². The van der Waals surface area contributed by atoms with Gasteiger partial charge in [-0.05, 0) is 0 Å². The van der Waals surface area contributed by atoms with Crippen LogP contribution in [-0.4, -0.2) is 14.5 Å². The highest BCUT2D eigenvalue weighted by atomic mass is 19.5.